The molecule has 0 fully saturated rings. The lowest BCUT2D eigenvalue weighted by atomic mass is 10.5. The van der Waals surface area contributed by atoms with Gasteiger partial charge in [0.1, 0.15) is 4.21 Å². The third kappa shape index (κ3) is 2.94. The van der Waals surface area contributed by atoms with Crippen LogP contribution < -0.4 is 5.73 Å². The smallest absolute Gasteiger partial charge is 0.252 e. The number of hydrogen-bond donors (Lipinski definition) is 2. The van der Waals surface area contributed by atoms with Gasteiger partial charge in [-0.3, -0.25) is 0 Å². The Kier molecular flexibility index (Phi) is 4.72. The second kappa shape index (κ2) is 5.62. The quantitative estimate of drug-likeness (QED) is 0.793. The van der Waals surface area contributed by atoms with Crippen molar-refractivity contribution >= 4 is 27.0 Å². The number of nitrogens with two attached hydrogens (primary N) is 1. The molecule has 0 aliphatic rings. The van der Waals surface area contributed by atoms with Gasteiger partial charge in [-0.1, -0.05) is 6.92 Å². The van der Waals surface area contributed by atoms with Gasteiger partial charge in [-0.15, -0.1) is 11.3 Å². The van der Waals surface area contributed by atoms with Crippen LogP contribution in [0.1, 0.15) is 13.3 Å². The van der Waals surface area contributed by atoms with Crippen molar-refractivity contribution in [3.63, 3.8) is 0 Å². The van der Waals surface area contributed by atoms with Gasteiger partial charge in [-0.2, -0.15) is 4.31 Å². The van der Waals surface area contributed by atoms with Crippen LogP contribution in [0.3, 0.4) is 0 Å². The first-order chi connectivity index (χ1) is 7.52. The molecule has 0 spiro atoms. The van der Waals surface area contributed by atoms with Crippen molar-refractivity contribution in [2.45, 2.75) is 17.6 Å². The molecule has 0 radical (unpaired) electrons. The lowest BCUT2D eigenvalue weighted by molar-refractivity contribution is 0.254. The van der Waals surface area contributed by atoms with E-state index in [2.05, 4.69) is 0 Å². The Morgan fingerprint density at radius 1 is 1.50 bits per heavy atom. The third-order valence-electron chi connectivity index (χ3n) is 2.01. The first kappa shape index (κ1) is 13.4. The minimum atomic E-state index is -3.49. The third-order valence-corrected chi connectivity index (χ3v) is 5.34. The monoisotopic (exact) mass is 264 g/mol. The van der Waals surface area contributed by atoms with Crippen molar-refractivity contribution in [1.82, 2.24) is 4.31 Å². The molecule has 16 heavy (non-hydrogen) atoms. The summed E-state index contributed by atoms with van der Waals surface area (Å²) >= 11 is 1.10. The summed E-state index contributed by atoms with van der Waals surface area (Å²) in [5, 5.41) is 10.4. The summed E-state index contributed by atoms with van der Waals surface area (Å²) in [5.74, 6) is 0. The molecular formula is C9H16N2O3S2. The average molecular weight is 264 g/mol. The number of hydrogen-bond acceptors (Lipinski definition) is 5. The number of anilines is 1. The van der Waals surface area contributed by atoms with Crippen molar-refractivity contribution in [2.24, 2.45) is 0 Å². The second-order valence-electron chi connectivity index (χ2n) is 3.33. The predicted molar refractivity (Wildman–Crippen MR) is 64.9 cm³/mol. The van der Waals surface area contributed by atoms with Gasteiger partial charge in [0.15, 0.2) is 0 Å². The van der Waals surface area contributed by atoms with Gasteiger partial charge in [0.25, 0.3) is 10.0 Å². The molecule has 1 aromatic heterocycles. The number of thiophene rings is 1. The van der Waals surface area contributed by atoms with E-state index < -0.39 is 10.0 Å². The molecule has 0 saturated carbocycles. The first-order valence-electron chi connectivity index (χ1n) is 4.97. The minimum Gasteiger partial charge on any atom is -0.398 e. The standard InChI is InChI=1S/C9H16N2O3S2/c1-2-3-11(4-5-12)16(13,14)9-6-8(10)7-15-9/h6-7,12H,2-5,10H2,1H3. The number of aliphatic hydroxyl groups excluding tert-OH is 1. The van der Waals surface area contributed by atoms with E-state index in [1.807, 2.05) is 6.92 Å². The van der Waals surface area contributed by atoms with Crippen molar-refractivity contribution in [3.05, 3.63) is 11.4 Å². The van der Waals surface area contributed by atoms with Crippen LogP contribution in [-0.2, 0) is 10.0 Å². The fourth-order valence-corrected chi connectivity index (χ4v) is 4.06. The number of rotatable bonds is 6. The molecule has 0 saturated heterocycles. The van der Waals surface area contributed by atoms with Gasteiger partial charge < -0.3 is 10.8 Å². The molecule has 1 aromatic rings. The molecule has 0 aliphatic carbocycles. The topological polar surface area (TPSA) is 83.6 Å². The van der Waals surface area contributed by atoms with Crippen molar-refractivity contribution < 1.29 is 13.5 Å². The SMILES string of the molecule is CCCN(CCO)S(=O)(=O)c1cc(N)cs1. The largest absolute Gasteiger partial charge is 0.398 e. The van der Waals surface area contributed by atoms with Crippen LogP contribution in [0.2, 0.25) is 0 Å². The maximum atomic E-state index is 12.1. The minimum absolute atomic E-state index is 0.119. The van der Waals surface area contributed by atoms with Crippen molar-refractivity contribution in [1.29, 1.82) is 0 Å². The maximum Gasteiger partial charge on any atom is 0.252 e. The molecule has 5 nitrogen and oxygen atoms in total. The highest BCUT2D eigenvalue weighted by molar-refractivity contribution is 7.91. The zero-order valence-electron chi connectivity index (χ0n) is 9.09. The fraction of sp³-hybridized carbons (Fsp3) is 0.556. The molecule has 1 heterocycles. The summed E-state index contributed by atoms with van der Waals surface area (Å²) in [7, 11) is -3.49. The summed E-state index contributed by atoms with van der Waals surface area (Å²) < 4.78 is 25.7. The molecule has 0 aliphatic heterocycles. The summed E-state index contributed by atoms with van der Waals surface area (Å²) in [6.45, 7) is 2.23. The lowest BCUT2D eigenvalue weighted by Gasteiger charge is -2.19. The summed E-state index contributed by atoms with van der Waals surface area (Å²) in [4.78, 5) is 0. The highest BCUT2D eigenvalue weighted by Gasteiger charge is 2.24. The Morgan fingerprint density at radius 3 is 2.62 bits per heavy atom. The van der Waals surface area contributed by atoms with Crippen LogP contribution in [0.4, 0.5) is 5.69 Å². The van der Waals surface area contributed by atoms with Crippen LogP contribution in [-0.4, -0.2) is 37.5 Å². The molecule has 92 valence electrons. The van der Waals surface area contributed by atoms with Crippen LogP contribution in [0.25, 0.3) is 0 Å². The number of nitrogen functional groups attached to an aromatic ring is 1. The Hall–Kier alpha value is -0.630. The average Bonchev–Trinajstić information content (AvgIpc) is 2.65. The Labute approximate surface area is 99.6 Å². The van der Waals surface area contributed by atoms with Gasteiger partial charge in [0, 0.05) is 24.2 Å². The number of sulfonamides is 1. The first-order valence-corrected chi connectivity index (χ1v) is 7.29. The number of nitrogens with zero attached hydrogens (tertiary/aromatic N) is 1. The second-order valence-corrected chi connectivity index (χ2v) is 6.40. The molecular weight excluding hydrogens is 248 g/mol. The Morgan fingerprint density at radius 2 is 2.19 bits per heavy atom. The molecule has 1 rings (SSSR count). The normalized spacial score (nSPS) is 12.2. The van der Waals surface area contributed by atoms with E-state index in [-0.39, 0.29) is 17.4 Å². The predicted octanol–water partition coefficient (Wildman–Crippen LogP) is 0.723. The summed E-state index contributed by atoms with van der Waals surface area (Å²) in [6, 6.07) is 1.44. The van der Waals surface area contributed by atoms with E-state index in [0.29, 0.717) is 18.7 Å². The Bertz CT molecular complexity index is 422. The number of aliphatic hydroxyl groups is 1. The zero-order chi connectivity index (χ0) is 12.2. The molecule has 3 N–H and O–H groups in total. The van der Waals surface area contributed by atoms with Gasteiger partial charge in [0.2, 0.25) is 0 Å². The molecule has 0 bridgehead atoms. The van der Waals surface area contributed by atoms with Crippen molar-refractivity contribution in [2.75, 3.05) is 25.4 Å². The van der Waals surface area contributed by atoms with E-state index >= 15 is 0 Å². The van der Waals surface area contributed by atoms with Gasteiger partial charge in [-0.25, -0.2) is 8.42 Å². The van der Waals surface area contributed by atoms with Crippen molar-refractivity contribution in [3.8, 4) is 0 Å². The fourth-order valence-electron chi connectivity index (χ4n) is 1.31. The Balaban J connectivity index is 2.97. The van der Waals surface area contributed by atoms with Crippen LogP contribution >= 0.6 is 11.3 Å². The zero-order valence-corrected chi connectivity index (χ0v) is 10.7. The van der Waals surface area contributed by atoms with E-state index in [9.17, 15) is 8.42 Å². The summed E-state index contributed by atoms with van der Waals surface area (Å²) in [6.07, 6.45) is 0.708. The van der Waals surface area contributed by atoms with Gasteiger partial charge in [-0.05, 0) is 12.5 Å². The molecule has 0 atom stereocenters. The molecule has 0 amide bonds. The maximum absolute atomic E-state index is 12.1. The van der Waals surface area contributed by atoms with E-state index in [1.54, 1.807) is 5.38 Å². The highest BCUT2D eigenvalue weighted by atomic mass is 32.2. The van der Waals surface area contributed by atoms with Gasteiger partial charge in [0.05, 0.1) is 6.61 Å². The highest BCUT2D eigenvalue weighted by Crippen LogP contribution is 2.25. The van der Waals surface area contributed by atoms with Crippen LogP contribution in [0.5, 0.6) is 0 Å². The van der Waals surface area contributed by atoms with E-state index in [4.69, 9.17) is 10.8 Å². The van der Waals surface area contributed by atoms with E-state index in [0.717, 1.165) is 11.3 Å². The van der Waals surface area contributed by atoms with Crippen LogP contribution in [0, 0.1) is 0 Å². The molecule has 0 unspecified atom stereocenters. The lowest BCUT2D eigenvalue weighted by Crippen LogP contribution is -2.33. The van der Waals surface area contributed by atoms with Crippen LogP contribution in [0.15, 0.2) is 15.7 Å². The summed E-state index contributed by atoms with van der Waals surface area (Å²) in [5.41, 5.74) is 5.95. The molecule has 7 heteroatoms. The van der Waals surface area contributed by atoms with Gasteiger partial charge >= 0.3 is 0 Å². The molecule has 0 aromatic carbocycles. The van der Waals surface area contributed by atoms with E-state index in [1.165, 1.54) is 10.4 Å².